The zero-order valence-electron chi connectivity index (χ0n) is 19.6. The summed E-state index contributed by atoms with van der Waals surface area (Å²) in [6, 6.07) is 10.7. The molecule has 2 amide bonds. The third-order valence-corrected chi connectivity index (χ3v) is 5.90. The molecule has 1 atom stereocenters. The molecular weight excluding hydrogens is 538 g/mol. The van der Waals surface area contributed by atoms with Crippen molar-refractivity contribution in [1.29, 1.82) is 0 Å². The van der Waals surface area contributed by atoms with Crippen LogP contribution in [0.3, 0.4) is 0 Å². The molecule has 0 bridgehead atoms. The van der Waals surface area contributed by atoms with Gasteiger partial charge in [-0.25, -0.2) is 0 Å². The fraction of sp³-hybridized carbons (Fsp3) is 0.280. The molecule has 8 nitrogen and oxygen atoms in total. The van der Waals surface area contributed by atoms with Crippen LogP contribution in [0.2, 0.25) is 0 Å². The van der Waals surface area contributed by atoms with Crippen LogP contribution in [0.1, 0.15) is 38.7 Å². The first-order valence-corrected chi connectivity index (χ1v) is 11.3. The highest BCUT2D eigenvalue weighted by molar-refractivity contribution is 6.21. The lowest BCUT2D eigenvalue weighted by molar-refractivity contribution is -0.199. The maximum absolute atomic E-state index is 13.3. The van der Waals surface area contributed by atoms with E-state index in [0.717, 1.165) is 0 Å². The molecule has 1 N–H and O–H groups in total. The zero-order chi connectivity index (χ0) is 28.5. The van der Waals surface area contributed by atoms with Gasteiger partial charge in [0.15, 0.2) is 19.1 Å². The molecule has 39 heavy (non-hydrogen) atoms. The number of hydrogen-bond donors (Lipinski definition) is 1. The van der Waals surface area contributed by atoms with Crippen LogP contribution in [0.15, 0.2) is 54.7 Å². The number of hydrogen-bond acceptors (Lipinski definition) is 6. The van der Waals surface area contributed by atoms with Gasteiger partial charge < -0.3 is 14.5 Å². The van der Waals surface area contributed by atoms with Crippen molar-refractivity contribution in [3.05, 3.63) is 71.4 Å². The molecule has 1 unspecified atom stereocenters. The zero-order valence-corrected chi connectivity index (χ0v) is 19.6. The fourth-order valence-electron chi connectivity index (χ4n) is 4.25. The van der Waals surface area contributed by atoms with Crippen LogP contribution in [0.25, 0.3) is 10.9 Å². The maximum Gasteiger partial charge on any atom is 0.422 e. The van der Waals surface area contributed by atoms with Gasteiger partial charge in [0.1, 0.15) is 0 Å². The van der Waals surface area contributed by atoms with Crippen LogP contribution >= 0.6 is 0 Å². The van der Waals surface area contributed by atoms with E-state index in [2.05, 4.69) is 14.5 Å². The summed E-state index contributed by atoms with van der Waals surface area (Å²) in [4.78, 5) is 55.4. The molecule has 0 saturated heterocycles. The van der Waals surface area contributed by atoms with E-state index in [1.54, 1.807) is 24.3 Å². The second-order valence-electron chi connectivity index (χ2n) is 8.57. The lowest BCUT2D eigenvalue weighted by Crippen LogP contribution is -2.39. The van der Waals surface area contributed by atoms with Gasteiger partial charge in [-0.05, 0) is 24.6 Å². The average Bonchev–Trinajstić information content (AvgIpc) is 3.41. The number of alkyl halides is 6. The molecule has 1 aliphatic heterocycles. The van der Waals surface area contributed by atoms with E-state index >= 15 is 0 Å². The minimum absolute atomic E-state index is 0.0109. The number of ether oxygens (including phenoxy) is 2. The highest BCUT2D eigenvalue weighted by Crippen LogP contribution is 2.39. The van der Waals surface area contributed by atoms with Gasteiger partial charge in [0, 0.05) is 22.7 Å². The van der Waals surface area contributed by atoms with E-state index in [4.69, 9.17) is 0 Å². The second kappa shape index (κ2) is 10.4. The van der Waals surface area contributed by atoms with Crippen molar-refractivity contribution >= 4 is 34.7 Å². The number of fused-ring (bicyclic) bond motifs is 2. The normalized spacial score (nSPS) is 14.6. The van der Waals surface area contributed by atoms with E-state index in [1.165, 1.54) is 30.5 Å². The van der Waals surface area contributed by atoms with Crippen molar-refractivity contribution in [2.24, 2.45) is 5.92 Å². The molecule has 0 aliphatic carbocycles. The Morgan fingerprint density at radius 2 is 1.28 bits per heavy atom. The van der Waals surface area contributed by atoms with Crippen LogP contribution in [-0.2, 0) is 19.1 Å². The minimum Gasteiger partial charge on any atom is -0.455 e. The number of halogens is 6. The summed E-state index contributed by atoms with van der Waals surface area (Å²) in [5, 5.41) is 0.421. The topological polar surface area (TPSA) is 106 Å². The molecule has 0 fully saturated rings. The van der Waals surface area contributed by atoms with Crippen LogP contribution in [-0.4, -0.2) is 59.2 Å². The summed E-state index contributed by atoms with van der Waals surface area (Å²) in [6.07, 6.45) is -9.57. The summed E-state index contributed by atoms with van der Waals surface area (Å²) in [5.41, 5.74) is 0.661. The maximum atomic E-state index is 13.3. The number of H-pyrrole nitrogens is 1. The smallest absolute Gasteiger partial charge is 0.422 e. The molecule has 2 aromatic carbocycles. The highest BCUT2D eigenvalue weighted by atomic mass is 19.4. The first-order chi connectivity index (χ1) is 18.3. The Labute approximate surface area is 215 Å². The number of carbonyl (C=O) groups is 4. The predicted molar refractivity (Wildman–Crippen MR) is 120 cm³/mol. The summed E-state index contributed by atoms with van der Waals surface area (Å²) < 4.78 is 84.5. The van der Waals surface area contributed by atoms with Crippen LogP contribution < -0.4 is 0 Å². The largest absolute Gasteiger partial charge is 0.455 e. The SMILES string of the molecule is O=C(OCC(F)(F)F)C(CC(c1c[nH]c2ccccc12)N1C(=O)c2ccccc2C1=O)C(=O)OCC(F)(F)F. The van der Waals surface area contributed by atoms with Crippen molar-refractivity contribution in [2.45, 2.75) is 24.8 Å². The van der Waals surface area contributed by atoms with Gasteiger partial charge in [0.2, 0.25) is 0 Å². The number of aromatic nitrogens is 1. The van der Waals surface area contributed by atoms with Gasteiger partial charge >= 0.3 is 24.3 Å². The molecule has 206 valence electrons. The average molecular weight is 556 g/mol. The van der Waals surface area contributed by atoms with Gasteiger partial charge in [-0.2, -0.15) is 26.3 Å². The van der Waals surface area contributed by atoms with Crippen LogP contribution in [0, 0.1) is 5.92 Å². The summed E-state index contributed by atoms with van der Waals surface area (Å²) in [5.74, 6) is -7.69. The number of nitrogens with one attached hydrogen (secondary N) is 1. The third-order valence-electron chi connectivity index (χ3n) is 5.90. The van der Waals surface area contributed by atoms with E-state index < -0.39 is 67.7 Å². The molecule has 4 rings (SSSR count). The third kappa shape index (κ3) is 6.04. The summed E-state index contributed by atoms with van der Waals surface area (Å²) in [7, 11) is 0. The Hall–Kier alpha value is -4.36. The summed E-state index contributed by atoms with van der Waals surface area (Å²) >= 11 is 0. The Balaban J connectivity index is 1.76. The number of esters is 2. The van der Waals surface area contributed by atoms with Crippen LogP contribution in [0.4, 0.5) is 26.3 Å². The van der Waals surface area contributed by atoms with E-state index in [-0.39, 0.29) is 16.7 Å². The van der Waals surface area contributed by atoms with E-state index in [0.29, 0.717) is 15.8 Å². The molecule has 14 heteroatoms. The number of nitrogens with zero attached hydrogens (tertiary/aromatic N) is 1. The number of benzene rings is 2. The fourth-order valence-corrected chi connectivity index (χ4v) is 4.25. The van der Waals surface area contributed by atoms with Gasteiger partial charge in [-0.3, -0.25) is 24.1 Å². The van der Waals surface area contributed by atoms with Crippen molar-refractivity contribution in [1.82, 2.24) is 9.88 Å². The van der Waals surface area contributed by atoms with Gasteiger partial charge in [0.05, 0.1) is 17.2 Å². The Bertz CT molecular complexity index is 1370. The number of aromatic amines is 1. The lowest BCUT2D eigenvalue weighted by atomic mass is 9.93. The lowest BCUT2D eigenvalue weighted by Gasteiger charge is -2.28. The van der Waals surface area contributed by atoms with E-state index in [9.17, 15) is 45.5 Å². The Morgan fingerprint density at radius 3 is 1.79 bits per heavy atom. The predicted octanol–water partition coefficient (Wildman–Crippen LogP) is 4.72. The number of para-hydroxylation sites is 1. The number of rotatable bonds is 8. The Morgan fingerprint density at radius 1 is 0.795 bits per heavy atom. The minimum atomic E-state index is -5.01. The van der Waals surface area contributed by atoms with Crippen molar-refractivity contribution in [3.8, 4) is 0 Å². The molecular formula is C25H18F6N2O6. The molecule has 0 radical (unpaired) electrons. The molecule has 0 saturated carbocycles. The van der Waals surface area contributed by atoms with Crippen molar-refractivity contribution in [2.75, 3.05) is 13.2 Å². The van der Waals surface area contributed by atoms with Gasteiger partial charge in [-0.1, -0.05) is 30.3 Å². The number of amides is 2. The summed E-state index contributed by atoms with van der Waals surface area (Å²) in [6.45, 7) is -4.25. The standard InChI is InChI=1S/C25H18F6N2O6/c26-24(27,28)11-38-22(36)16(23(37)39-12-25(29,30)31)9-19(17-10-32-18-8-4-3-5-13(17)18)33-20(34)14-6-1-2-7-15(14)21(33)35/h1-8,10,16,19,32H,9,11-12H2. The molecule has 2 heterocycles. The monoisotopic (exact) mass is 556 g/mol. The first kappa shape index (κ1) is 27.7. The second-order valence-corrected chi connectivity index (χ2v) is 8.57. The molecule has 1 aliphatic rings. The molecule has 1 aromatic heterocycles. The molecule has 0 spiro atoms. The number of imide groups is 1. The van der Waals surface area contributed by atoms with Gasteiger partial charge in [-0.15, -0.1) is 0 Å². The van der Waals surface area contributed by atoms with Crippen LogP contribution in [0.5, 0.6) is 0 Å². The van der Waals surface area contributed by atoms with Gasteiger partial charge in [0.25, 0.3) is 11.8 Å². The quantitative estimate of drug-likeness (QED) is 0.186. The van der Waals surface area contributed by atoms with E-state index in [1.807, 2.05) is 0 Å². The van der Waals surface area contributed by atoms with Crippen molar-refractivity contribution < 1.29 is 55.0 Å². The first-order valence-electron chi connectivity index (χ1n) is 11.3. The Kier molecular flexibility index (Phi) is 7.39. The highest BCUT2D eigenvalue weighted by Gasteiger charge is 2.45. The molecule has 3 aromatic rings. The van der Waals surface area contributed by atoms with Crippen molar-refractivity contribution in [3.63, 3.8) is 0 Å². The number of carbonyl (C=O) groups excluding carboxylic acids is 4.